The molecule has 1 amide bonds. The van der Waals surface area contributed by atoms with Gasteiger partial charge in [-0.05, 0) is 36.9 Å². The Hall–Kier alpha value is -2.83. The molecule has 1 atom stereocenters. The fourth-order valence-electron chi connectivity index (χ4n) is 3.43. The van der Waals surface area contributed by atoms with Gasteiger partial charge in [-0.25, -0.2) is 4.98 Å². The lowest BCUT2D eigenvalue weighted by Gasteiger charge is -2.33. The first-order valence-electron chi connectivity index (χ1n) is 10.2. The number of nitrogens with zero attached hydrogens (tertiary/aromatic N) is 3. The van der Waals surface area contributed by atoms with Crippen molar-refractivity contribution in [2.24, 2.45) is 0 Å². The van der Waals surface area contributed by atoms with Gasteiger partial charge in [0, 0.05) is 31.1 Å². The predicted octanol–water partition coefficient (Wildman–Crippen LogP) is 4.31. The first-order valence-corrected chi connectivity index (χ1v) is 11.0. The molecular formula is C24H26N4OS. The number of benzene rings is 2. The Morgan fingerprint density at radius 3 is 2.23 bits per heavy atom. The van der Waals surface area contributed by atoms with E-state index in [9.17, 15) is 4.79 Å². The lowest BCUT2D eigenvalue weighted by molar-refractivity contribution is -0.115. The van der Waals surface area contributed by atoms with Crippen LogP contribution >= 0.6 is 11.8 Å². The Morgan fingerprint density at radius 1 is 0.933 bits per heavy atom. The van der Waals surface area contributed by atoms with Crippen molar-refractivity contribution in [2.45, 2.75) is 10.1 Å². The third-order valence-electron chi connectivity index (χ3n) is 5.18. The SMILES string of the molecule is CN1CCN(c2ccc(NC(=O)[C@H](Sc3ccccc3)c3ccccc3)cn2)CC1. The molecule has 154 valence electrons. The molecular weight excluding hydrogens is 392 g/mol. The van der Waals surface area contributed by atoms with E-state index in [4.69, 9.17) is 0 Å². The van der Waals surface area contributed by atoms with Gasteiger partial charge in [-0.15, -0.1) is 11.8 Å². The van der Waals surface area contributed by atoms with Gasteiger partial charge in [0.25, 0.3) is 0 Å². The quantitative estimate of drug-likeness (QED) is 0.605. The normalized spacial score (nSPS) is 15.6. The summed E-state index contributed by atoms with van der Waals surface area (Å²) in [6.45, 7) is 4.02. The zero-order valence-electron chi connectivity index (χ0n) is 17.1. The second kappa shape index (κ2) is 9.78. The van der Waals surface area contributed by atoms with Gasteiger partial charge in [-0.3, -0.25) is 4.79 Å². The van der Waals surface area contributed by atoms with Crippen molar-refractivity contribution in [3.63, 3.8) is 0 Å². The number of hydrogen-bond donors (Lipinski definition) is 1. The number of amides is 1. The smallest absolute Gasteiger partial charge is 0.242 e. The van der Waals surface area contributed by atoms with E-state index in [1.807, 2.05) is 72.8 Å². The van der Waals surface area contributed by atoms with Crippen molar-refractivity contribution in [3.05, 3.63) is 84.6 Å². The summed E-state index contributed by atoms with van der Waals surface area (Å²) in [7, 11) is 2.14. The third kappa shape index (κ3) is 5.20. The Balaban J connectivity index is 1.47. The highest BCUT2D eigenvalue weighted by Gasteiger charge is 2.22. The van der Waals surface area contributed by atoms with Gasteiger partial charge in [-0.1, -0.05) is 48.5 Å². The number of piperazine rings is 1. The van der Waals surface area contributed by atoms with Crippen molar-refractivity contribution < 1.29 is 4.79 Å². The van der Waals surface area contributed by atoms with Crippen LogP contribution in [0.2, 0.25) is 0 Å². The summed E-state index contributed by atoms with van der Waals surface area (Å²) in [4.78, 5) is 23.4. The van der Waals surface area contributed by atoms with Crippen LogP contribution in [-0.2, 0) is 4.79 Å². The van der Waals surface area contributed by atoms with Gasteiger partial charge in [-0.2, -0.15) is 0 Å². The summed E-state index contributed by atoms with van der Waals surface area (Å²) < 4.78 is 0. The van der Waals surface area contributed by atoms with E-state index in [2.05, 4.69) is 27.1 Å². The van der Waals surface area contributed by atoms with E-state index in [0.717, 1.165) is 42.5 Å². The number of hydrogen-bond acceptors (Lipinski definition) is 5. The molecule has 2 heterocycles. The monoisotopic (exact) mass is 418 g/mol. The zero-order chi connectivity index (χ0) is 20.8. The number of carbonyl (C=O) groups is 1. The summed E-state index contributed by atoms with van der Waals surface area (Å²) in [6, 6.07) is 23.8. The van der Waals surface area contributed by atoms with Crippen LogP contribution in [0.15, 0.2) is 83.9 Å². The van der Waals surface area contributed by atoms with Crippen molar-refractivity contribution in [2.75, 3.05) is 43.4 Å². The highest BCUT2D eigenvalue weighted by molar-refractivity contribution is 8.00. The summed E-state index contributed by atoms with van der Waals surface area (Å²) in [5.74, 6) is 0.906. The number of nitrogens with one attached hydrogen (secondary N) is 1. The molecule has 2 aromatic carbocycles. The molecule has 4 rings (SSSR count). The molecule has 1 N–H and O–H groups in total. The molecule has 6 heteroatoms. The maximum Gasteiger partial charge on any atom is 0.242 e. The maximum atomic E-state index is 13.2. The fraction of sp³-hybridized carbons (Fsp3) is 0.250. The lowest BCUT2D eigenvalue weighted by Crippen LogP contribution is -2.44. The van der Waals surface area contributed by atoms with Crippen LogP contribution in [0, 0.1) is 0 Å². The first-order chi connectivity index (χ1) is 14.7. The number of likely N-dealkylation sites (N-methyl/N-ethyl adjacent to an activating group) is 1. The number of thioether (sulfide) groups is 1. The van der Waals surface area contributed by atoms with Gasteiger partial charge in [0.2, 0.25) is 5.91 Å². The van der Waals surface area contributed by atoms with Crippen LogP contribution in [-0.4, -0.2) is 49.0 Å². The summed E-state index contributed by atoms with van der Waals surface area (Å²) in [6.07, 6.45) is 1.75. The molecule has 1 aromatic heterocycles. The molecule has 1 saturated heterocycles. The maximum absolute atomic E-state index is 13.2. The Morgan fingerprint density at radius 2 is 1.60 bits per heavy atom. The molecule has 0 bridgehead atoms. The molecule has 0 unspecified atom stereocenters. The van der Waals surface area contributed by atoms with E-state index in [-0.39, 0.29) is 11.2 Å². The highest BCUT2D eigenvalue weighted by atomic mass is 32.2. The van der Waals surface area contributed by atoms with Gasteiger partial charge >= 0.3 is 0 Å². The van der Waals surface area contributed by atoms with Gasteiger partial charge in [0.1, 0.15) is 11.1 Å². The standard InChI is InChI=1S/C24H26N4OS/c1-27-14-16-28(17-15-27)22-13-12-20(18-25-22)26-24(29)23(19-8-4-2-5-9-19)30-21-10-6-3-7-11-21/h2-13,18,23H,14-17H2,1H3,(H,26,29)/t23-/m1/s1. The van der Waals surface area contributed by atoms with E-state index in [0.29, 0.717) is 5.69 Å². The molecule has 0 radical (unpaired) electrons. The van der Waals surface area contributed by atoms with E-state index in [1.165, 1.54) is 0 Å². The van der Waals surface area contributed by atoms with Crippen molar-refractivity contribution >= 4 is 29.2 Å². The zero-order valence-corrected chi connectivity index (χ0v) is 17.9. The Bertz CT molecular complexity index is 942. The minimum atomic E-state index is -0.342. The molecule has 5 nitrogen and oxygen atoms in total. The Labute approximate surface area is 182 Å². The Kier molecular flexibility index (Phi) is 6.67. The van der Waals surface area contributed by atoms with Gasteiger partial charge < -0.3 is 15.1 Å². The van der Waals surface area contributed by atoms with E-state index < -0.39 is 0 Å². The van der Waals surface area contributed by atoms with Crippen molar-refractivity contribution in [1.29, 1.82) is 0 Å². The number of carbonyl (C=O) groups excluding carboxylic acids is 1. The average Bonchev–Trinajstić information content (AvgIpc) is 2.80. The number of pyridine rings is 1. The summed E-state index contributed by atoms with van der Waals surface area (Å²) in [5, 5.41) is 2.71. The van der Waals surface area contributed by atoms with Crippen LogP contribution in [0.25, 0.3) is 0 Å². The van der Waals surface area contributed by atoms with Crippen LogP contribution in [0.1, 0.15) is 10.8 Å². The van der Waals surface area contributed by atoms with Crippen LogP contribution in [0.4, 0.5) is 11.5 Å². The van der Waals surface area contributed by atoms with E-state index in [1.54, 1.807) is 18.0 Å². The molecule has 0 saturated carbocycles. The van der Waals surface area contributed by atoms with Gasteiger partial charge in [0.15, 0.2) is 0 Å². The number of rotatable bonds is 6. The molecule has 30 heavy (non-hydrogen) atoms. The lowest BCUT2D eigenvalue weighted by atomic mass is 10.1. The predicted molar refractivity (Wildman–Crippen MR) is 124 cm³/mol. The summed E-state index contributed by atoms with van der Waals surface area (Å²) >= 11 is 1.55. The molecule has 0 spiro atoms. The van der Waals surface area contributed by atoms with Crippen LogP contribution in [0.5, 0.6) is 0 Å². The topological polar surface area (TPSA) is 48.5 Å². The molecule has 3 aromatic rings. The minimum Gasteiger partial charge on any atom is -0.354 e. The fourth-order valence-corrected chi connectivity index (χ4v) is 4.47. The molecule has 0 aliphatic carbocycles. The minimum absolute atomic E-state index is 0.0517. The second-order valence-electron chi connectivity index (χ2n) is 7.41. The first kappa shape index (κ1) is 20.4. The van der Waals surface area contributed by atoms with Crippen LogP contribution < -0.4 is 10.2 Å². The highest BCUT2D eigenvalue weighted by Crippen LogP contribution is 2.36. The summed E-state index contributed by atoms with van der Waals surface area (Å²) in [5.41, 5.74) is 1.69. The largest absolute Gasteiger partial charge is 0.354 e. The van der Waals surface area contributed by atoms with Gasteiger partial charge in [0.05, 0.1) is 11.9 Å². The van der Waals surface area contributed by atoms with Crippen LogP contribution in [0.3, 0.4) is 0 Å². The van der Waals surface area contributed by atoms with Crippen molar-refractivity contribution in [3.8, 4) is 0 Å². The average molecular weight is 419 g/mol. The molecule has 1 aliphatic heterocycles. The van der Waals surface area contributed by atoms with Crippen molar-refractivity contribution in [1.82, 2.24) is 9.88 Å². The number of anilines is 2. The third-order valence-corrected chi connectivity index (χ3v) is 6.45. The van der Waals surface area contributed by atoms with E-state index >= 15 is 0 Å². The molecule has 1 fully saturated rings. The second-order valence-corrected chi connectivity index (χ2v) is 8.58. The molecule has 1 aliphatic rings. The number of aromatic nitrogens is 1.